The molecule has 0 saturated carbocycles. The van der Waals surface area contributed by atoms with Crippen LogP contribution in [-0.2, 0) is 10.0 Å². The average Bonchev–Trinajstić information content (AvgIpc) is 2.63. The maximum absolute atomic E-state index is 13.0. The molecule has 6 heteroatoms. The zero-order valence-corrected chi connectivity index (χ0v) is 16.2. The van der Waals surface area contributed by atoms with Gasteiger partial charge >= 0.3 is 0 Å². The molecule has 1 heterocycles. The summed E-state index contributed by atoms with van der Waals surface area (Å²) >= 11 is 0. The van der Waals surface area contributed by atoms with Crippen molar-refractivity contribution in [1.29, 1.82) is 0 Å². The van der Waals surface area contributed by atoms with Gasteiger partial charge in [-0.1, -0.05) is 29.3 Å². The predicted octanol–water partition coefficient (Wildman–Crippen LogP) is 4.04. The maximum Gasteiger partial charge on any atom is 0.261 e. The quantitative estimate of drug-likeness (QED) is 0.678. The highest BCUT2D eigenvalue weighted by Gasteiger charge is 2.21. The molecule has 0 radical (unpaired) electrons. The average molecular weight is 380 g/mol. The molecular formula is C21H20N2O3S. The van der Waals surface area contributed by atoms with Crippen molar-refractivity contribution in [2.45, 2.75) is 25.7 Å². The monoisotopic (exact) mass is 380 g/mol. The van der Waals surface area contributed by atoms with E-state index in [-0.39, 0.29) is 16.4 Å². The number of sulfonamides is 1. The number of anilines is 1. The molecule has 0 spiro atoms. The van der Waals surface area contributed by atoms with Crippen LogP contribution in [0.5, 0.6) is 0 Å². The lowest BCUT2D eigenvalue weighted by molar-refractivity contribution is 0.103. The minimum Gasteiger partial charge on any atom is -0.288 e. The van der Waals surface area contributed by atoms with Gasteiger partial charge in [0.1, 0.15) is 0 Å². The molecule has 5 nitrogen and oxygen atoms in total. The van der Waals surface area contributed by atoms with Crippen LogP contribution in [0.1, 0.15) is 32.7 Å². The Morgan fingerprint density at radius 1 is 0.889 bits per heavy atom. The second-order valence-corrected chi connectivity index (χ2v) is 8.12. The highest BCUT2D eigenvalue weighted by atomic mass is 32.2. The Labute approximate surface area is 159 Å². The minimum absolute atomic E-state index is 0.143. The topological polar surface area (TPSA) is 76.1 Å². The van der Waals surface area contributed by atoms with Gasteiger partial charge in [-0.3, -0.25) is 14.5 Å². The van der Waals surface area contributed by atoms with Crippen LogP contribution in [0.15, 0.2) is 65.7 Å². The Hall–Kier alpha value is -2.99. The van der Waals surface area contributed by atoms with Crippen LogP contribution in [0.3, 0.4) is 0 Å². The van der Waals surface area contributed by atoms with Crippen molar-refractivity contribution >= 4 is 21.5 Å². The third kappa shape index (κ3) is 4.06. The molecule has 0 bridgehead atoms. The highest BCUT2D eigenvalue weighted by Crippen LogP contribution is 2.25. The van der Waals surface area contributed by atoms with E-state index in [9.17, 15) is 13.2 Å². The Kier molecular flexibility index (Phi) is 5.10. The highest BCUT2D eigenvalue weighted by molar-refractivity contribution is 7.92. The number of aryl methyl sites for hydroxylation is 3. The molecule has 1 N–H and O–H groups in total. The number of nitrogens with one attached hydrogen (secondary N) is 1. The number of nitrogens with zero attached hydrogens (tertiary/aromatic N) is 1. The van der Waals surface area contributed by atoms with Gasteiger partial charge in [-0.25, -0.2) is 8.42 Å². The summed E-state index contributed by atoms with van der Waals surface area (Å²) in [6.07, 6.45) is 1.61. The number of hydrogen-bond acceptors (Lipinski definition) is 4. The van der Waals surface area contributed by atoms with E-state index >= 15 is 0 Å². The van der Waals surface area contributed by atoms with E-state index in [0.29, 0.717) is 16.8 Å². The SMILES string of the molecule is Cc1ccc(S(=O)(=O)Nc2ccc(C)cc2C(=O)c2cccnc2C)cc1. The summed E-state index contributed by atoms with van der Waals surface area (Å²) < 4.78 is 28.0. The zero-order valence-electron chi connectivity index (χ0n) is 15.4. The van der Waals surface area contributed by atoms with Crippen molar-refractivity contribution in [2.75, 3.05) is 4.72 Å². The second kappa shape index (κ2) is 7.32. The van der Waals surface area contributed by atoms with E-state index in [1.165, 1.54) is 0 Å². The fraction of sp³-hybridized carbons (Fsp3) is 0.143. The number of pyridine rings is 1. The molecule has 138 valence electrons. The first kappa shape index (κ1) is 18.8. The van der Waals surface area contributed by atoms with E-state index < -0.39 is 10.0 Å². The van der Waals surface area contributed by atoms with Crippen molar-refractivity contribution < 1.29 is 13.2 Å². The van der Waals surface area contributed by atoms with Crippen LogP contribution >= 0.6 is 0 Å². The van der Waals surface area contributed by atoms with E-state index in [4.69, 9.17) is 0 Å². The predicted molar refractivity (Wildman–Crippen MR) is 106 cm³/mol. The third-order valence-corrected chi connectivity index (χ3v) is 5.63. The molecule has 2 aromatic carbocycles. The van der Waals surface area contributed by atoms with Crippen molar-refractivity contribution in [2.24, 2.45) is 0 Å². The summed E-state index contributed by atoms with van der Waals surface area (Å²) in [5.74, 6) is -0.272. The molecule has 1 aromatic heterocycles. The number of aromatic nitrogens is 1. The molecule has 0 unspecified atom stereocenters. The Bertz CT molecular complexity index is 1100. The molecule has 0 aliphatic rings. The van der Waals surface area contributed by atoms with Gasteiger partial charge in [0, 0.05) is 23.0 Å². The van der Waals surface area contributed by atoms with Crippen LogP contribution in [0, 0.1) is 20.8 Å². The fourth-order valence-electron chi connectivity index (χ4n) is 2.73. The number of hydrogen-bond donors (Lipinski definition) is 1. The Morgan fingerprint density at radius 2 is 1.56 bits per heavy atom. The molecule has 27 heavy (non-hydrogen) atoms. The molecule has 0 fully saturated rings. The van der Waals surface area contributed by atoms with Gasteiger partial charge in [-0.05, 0) is 57.2 Å². The van der Waals surface area contributed by atoms with Gasteiger partial charge < -0.3 is 0 Å². The second-order valence-electron chi connectivity index (χ2n) is 6.43. The molecule has 3 aromatic rings. The maximum atomic E-state index is 13.0. The first-order valence-corrected chi connectivity index (χ1v) is 9.93. The molecule has 0 aliphatic heterocycles. The van der Waals surface area contributed by atoms with Gasteiger partial charge in [0.05, 0.1) is 10.6 Å². The first-order chi connectivity index (χ1) is 12.8. The van der Waals surface area contributed by atoms with E-state index in [0.717, 1.165) is 11.1 Å². The summed E-state index contributed by atoms with van der Waals surface area (Å²) in [4.78, 5) is 17.3. The lowest BCUT2D eigenvalue weighted by Gasteiger charge is -2.14. The van der Waals surface area contributed by atoms with Crippen molar-refractivity contribution in [3.05, 3.63) is 88.7 Å². The van der Waals surface area contributed by atoms with E-state index in [1.54, 1.807) is 67.7 Å². The molecule has 3 rings (SSSR count). The lowest BCUT2D eigenvalue weighted by atomic mass is 9.99. The Morgan fingerprint density at radius 3 is 2.22 bits per heavy atom. The standard InChI is InChI=1S/C21H20N2O3S/c1-14-6-9-17(10-7-14)27(25,26)23-20-11-8-15(2)13-19(20)21(24)18-5-4-12-22-16(18)3/h4-13,23H,1-3H3. The fourth-order valence-corrected chi connectivity index (χ4v) is 3.81. The minimum atomic E-state index is -3.81. The van der Waals surface area contributed by atoms with E-state index in [1.807, 2.05) is 13.8 Å². The molecule has 0 aliphatic carbocycles. The van der Waals surface area contributed by atoms with Gasteiger partial charge in [-0.15, -0.1) is 0 Å². The largest absolute Gasteiger partial charge is 0.288 e. The number of carbonyl (C=O) groups excluding carboxylic acids is 1. The van der Waals surface area contributed by atoms with Gasteiger partial charge in [-0.2, -0.15) is 0 Å². The first-order valence-electron chi connectivity index (χ1n) is 8.44. The zero-order chi connectivity index (χ0) is 19.6. The number of rotatable bonds is 5. The summed E-state index contributed by atoms with van der Waals surface area (Å²) in [5.41, 5.74) is 3.40. The number of carbonyl (C=O) groups is 1. The molecular weight excluding hydrogens is 360 g/mol. The summed E-state index contributed by atoms with van der Waals surface area (Å²) in [6, 6.07) is 15.0. The normalized spacial score (nSPS) is 11.2. The van der Waals surface area contributed by atoms with Gasteiger partial charge in [0.15, 0.2) is 5.78 Å². The number of benzene rings is 2. The lowest BCUT2D eigenvalue weighted by Crippen LogP contribution is -2.16. The summed E-state index contributed by atoms with van der Waals surface area (Å²) in [7, 11) is -3.81. The summed E-state index contributed by atoms with van der Waals surface area (Å²) in [5, 5.41) is 0. The van der Waals surface area contributed by atoms with Crippen LogP contribution in [-0.4, -0.2) is 19.2 Å². The molecule has 0 amide bonds. The molecule has 0 saturated heterocycles. The van der Waals surface area contributed by atoms with Crippen LogP contribution in [0.4, 0.5) is 5.69 Å². The Balaban J connectivity index is 2.03. The third-order valence-electron chi connectivity index (χ3n) is 4.25. The van der Waals surface area contributed by atoms with Crippen LogP contribution in [0.25, 0.3) is 0 Å². The summed E-state index contributed by atoms with van der Waals surface area (Å²) in [6.45, 7) is 5.49. The van der Waals surface area contributed by atoms with Gasteiger partial charge in [0.2, 0.25) is 0 Å². The van der Waals surface area contributed by atoms with Crippen LogP contribution in [0.2, 0.25) is 0 Å². The van der Waals surface area contributed by atoms with E-state index in [2.05, 4.69) is 9.71 Å². The van der Waals surface area contributed by atoms with Crippen LogP contribution < -0.4 is 4.72 Å². The van der Waals surface area contributed by atoms with Gasteiger partial charge in [0.25, 0.3) is 10.0 Å². The molecule has 0 atom stereocenters. The van der Waals surface area contributed by atoms with Crippen molar-refractivity contribution in [3.63, 3.8) is 0 Å². The number of ketones is 1. The van der Waals surface area contributed by atoms with Crippen molar-refractivity contribution in [3.8, 4) is 0 Å². The smallest absolute Gasteiger partial charge is 0.261 e. The van der Waals surface area contributed by atoms with Crippen molar-refractivity contribution in [1.82, 2.24) is 4.98 Å².